The van der Waals surface area contributed by atoms with Gasteiger partial charge < -0.3 is 10.5 Å². The van der Waals surface area contributed by atoms with Crippen molar-refractivity contribution in [2.45, 2.75) is 20.4 Å². The number of hydrogen-bond donors (Lipinski definition) is 1. The number of methoxy groups -OCH3 is 1. The van der Waals surface area contributed by atoms with Crippen molar-refractivity contribution in [2.24, 2.45) is 11.7 Å². The first-order valence-electron chi connectivity index (χ1n) is 6.32. The standard InChI is InChI=1S/C14H23FN2O/c1-11(2)9-17(8-7-16)10-12-5-4-6-13(18-3)14(12)15/h4-6,11H,7-10,16H2,1-3H3. The van der Waals surface area contributed by atoms with E-state index >= 15 is 0 Å². The molecule has 18 heavy (non-hydrogen) atoms. The van der Waals surface area contributed by atoms with Gasteiger partial charge in [-0.3, -0.25) is 4.90 Å². The third-order valence-electron chi connectivity index (χ3n) is 2.73. The first kappa shape index (κ1) is 14.9. The molecule has 0 heterocycles. The normalized spacial score (nSPS) is 11.3. The van der Waals surface area contributed by atoms with Gasteiger partial charge in [-0.2, -0.15) is 0 Å². The van der Waals surface area contributed by atoms with Crippen molar-refractivity contribution in [3.63, 3.8) is 0 Å². The van der Waals surface area contributed by atoms with Crippen LogP contribution in [-0.4, -0.2) is 31.6 Å². The quantitative estimate of drug-likeness (QED) is 0.811. The summed E-state index contributed by atoms with van der Waals surface area (Å²) in [6, 6.07) is 5.24. The van der Waals surface area contributed by atoms with Crippen LogP contribution in [0.4, 0.5) is 4.39 Å². The van der Waals surface area contributed by atoms with Gasteiger partial charge in [0.2, 0.25) is 0 Å². The van der Waals surface area contributed by atoms with Gasteiger partial charge in [-0.1, -0.05) is 26.0 Å². The SMILES string of the molecule is COc1cccc(CN(CCN)CC(C)C)c1F. The molecule has 0 radical (unpaired) electrons. The van der Waals surface area contributed by atoms with Crippen LogP contribution in [-0.2, 0) is 6.54 Å². The van der Waals surface area contributed by atoms with E-state index in [2.05, 4.69) is 18.7 Å². The fourth-order valence-electron chi connectivity index (χ4n) is 2.01. The number of nitrogens with zero attached hydrogens (tertiary/aromatic N) is 1. The second-order valence-corrected chi connectivity index (χ2v) is 4.85. The molecule has 1 aromatic rings. The van der Waals surface area contributed by atoms with Crippen molar-refractivity contribution in [2.75, 3.05) is 26.7 Å². The fraction of sp³-hybridized carbons (Fsp3) is 0.571. The van der Waals surface area contributed by atoms with Crippen molar-refractivity contribution in [1.82, 2.24) is 4.90 Å². The van der Waals surface area contributed by atoms with Crippen molar-refractivity contribution in [3.05, 3.63) is 29.6 Å². The van der Waals surface area contributed by atoms with E-state index in [1.807, 2.05) is 6.07 Å². The molecule has 0 fully saturated rings. The number of ether oxygens (including phenoxy) is 1. The molecule has 0 aromatic heterocycles. The van der Waals surface area contributed by atoms with Crippen LogP contribution < -0.4 is 10.5 Å². The second-order valence-electron chi connectivity index (χ2n) is 4.85. The molecule has 0 aliphatic heterocycles. The monoisotopic (exact) mass is 254 g/mol. The van der Waals surface area contributed by atoms with Crippen molar-refractivity contribution >= 4 is 0 Å². The Hall–Kier alpha value is -1.13. The van der Waals surface area contributed by atoms with Crippen LogP contribution in [0.3, 0.4) is 0 Å². The van der Waals surface area contributed by atoms with Crippen LogP contribution in [0.5, 0.6) is 5.75 Å². The molecular weight excluding hydrogens is 231 g/mol. The lowest BCUT2D eigenvalue weighted by Gasteiger charge is -2.24. The zero-order valence-electron chi connectivity index (χ0n) is 11.4. The highest BCUT2D eigenvalue weighted by atomic mass is 19.1. The predicted octanol–water partition coefficient (Wildman–Crippen LogP) is 2.25. The van der Waals surface area contributed by atoms with E-state index < -0.39 is 0 Å². The third kappa shape index (κ3) is 4.27. The maximum Gasteiger partial charge on any atom is 0.169 e. The summed E-state index contributed by atoms with van der Waals surface area (Å²) in [5.74, 6) is 0.556. The average Bonchev–Trinajstić information content (AvgIpc) is 2.31. The number of rotatable bonds is 7. The summed E-state index contributed by atoms with van der Waals surface area (Å²) in [7, 11) is 1.48. The van der Waals surface area contributed by atoms with Crippen LogP contribution in [0.1, 0.15) is 19.4 Å². The molecule has 0 amide bonds. The molecule has 0 saturated heterocycles. The van der Waals surface area contributed by atoms with Gasteiger partial charge in [0, 0.05) is 31.7 Å². The molecule has 2 N–H and O–H groups in total. The molecule has 0 aliphatic rings. The highest BCUT2D eigenvalue weighted by Gasteiger charge is 2.13. The molecule has 4 heteroatoms. The molecule has 1 aromatic carbocycles. The minimum Gasteiger partial charge on any atom is -0.494 e. The van der Waals surface area contributed by atoms with E-state index in [0.29, 0.717) is 30.3 Å². The third-order valence-corrected chi connectivity index (χ3v) is 2.73. The molecule has 0 aliphatic carbocycles. The largest absolute Gasteiger partial charge is 0.494 e. The van der Waals surface area contributed by atoms with Crippen LogP contribution in [0.25, 0.3) is 0 Å². The Morgan fingerprint density at radius 3 is 2.67 bits per heavy atom. The Bertz CT molecular complexity index is 369. The van der Waals surface area contributed by atoms with Crippen molar-refractivity contribution in [3.8, 4) is 5.75 Å². The first-order chi connectivity index (χ1) is 8.58. The average molecular weight is 254 g/mol. The number of halogens is 1. The molecule has 0 atom stereocenters. The minimum atomic E-state index is -0.272. The number of benzene rings is 1. The van der Waals surface area contributed by atoms with Gasteiger partial charge in [0.15, 0.2) is 11.6 Å². The lowest BCUT2D eigenvalue weighted by atomic mass is 10.1. The molecular formula is C14H23FN2O. The summed E-state index contributed by atoms with van der Waals surface area (Å²) in [5.41, 5.74) is 6.25. The fourth-order valence-corrected chi connectivity index (χ4v) is 2.01. The zero-order chi connectivity index (χ0) is 13.5. The highest BCUT2D eigenvalue weighted by Crippen LogP contribution is 2.21. The van der Waals surface area contributed by atoms with Gasteiger partial charge in [0.25, 0.3) is 0 Å². The van der Waals surface area contributed by atoms with E-state index in [4.69, 9.17) is 10.5 Å². The number of hydrogen-bond acceptors (Lipinski definition) is 3. The summed E-state index contributed by atoms with van der Waals surface area (Å²) >= 11 is 0. The van der Waals surface area contributed by atoms with Crippen LogP contribution in [0.15, 0.2) is 18.2 Å². The maximum atomic E-state index is 14.0. The Morgan fingerprint density at radius 1 is 1.39 bits per heavy atom. The Labute approximate surface area is 109 Å². The topological polar surface area (TPSA) is 38.5 Å². The highest BCUT2D eigenvalue weighted by molar-refractivity contribution is 5.30. The van der Waals surface area contributed by atoms with Gasteiger partial charge in [0.1, 0.15) is 0 Å². The maximum absolute atomic E-state index is 14.0. The molecule has 1 rings (SSSR count). The molecule has 0 spiro atoms. The first-order valence-corrected chi connectivity index (χ1v) is 6.32. The van der Waals surface area contributed by atoms with Crippen molar-refractivity contribution < 1.29 is 9.13 Å². The zero-order valence-corrected chi connectivity index (χ0v) is 11.4. The van der Waals surface area contributed by atoms with E-state index in [-0.39, 0.29) is 5.82 Å². The lowest BCUT2D eigenvalue weighted by molar-refractivity contribution is 0.238. The second kappa shape index (κ2) is 7.34. The summed E-state index contributed by atoms with van der Waals surface area (Å²) in [4.78, 5) is 2.17. The van der Waals surface area contributed by atoms with Gasteiger partial charge in [-0.05, 0) is 12.0 Å². The predicted molar refractivity (Wildman–Crippen MR) is 72.1 cm³/mol. The van der Waals surface area contributed by atoms with E-state index in [0.717, 1.165) is 13.1 Å². The Morgan fingerprint density at radius 2 is 2.11 bits per heavy atom. The lowest BCUT2D eigenvalue weighted by Crippen LogP contribution is -2.32. The summed E-state index contributed by atoms with van der Waals surface area (Å²) in [6.07, 6.45) is 0. The molecule has 3 nitrogen and oxygen atoms in total. The smallest absolute Gasteiger partial charge is 0.169 e. The van der Waals surface area contributed by atoms with Crippen molar-refractivity contribution in [1.29, 1.82) is 0 Å². The molecule has 0 unspecified atom stereocenters. The van der Waals surface area contributed by atoms with E-state index in [1.165, 1.54) is 7.11 Å². The molecule has 0 saturated carbocycles. The van der Waals surface area contributed by atoms with Crippen LogP contribution >= 0.6 is 0 Å². The molecule has 102 valence electrons. The van der Waals surface area contributed by atoms with Gasteiger partial charge in [-0.25, -0.2) is 4.39 Å². The van der Waals surface area contributed by atoms with E-state index in [9.17, 15) is 4.39 Å². The summed E-state index contributed by atoms with van der Waals surface area (Å²) in [6.45, 7) is 7.12. The molecule has 0 bridgehead atoms. The van der Waals surface area contributed by atoms with Gasteiger partial charge in [-0.15, -0.1) is 0 Å². The van der Waals surface area contributed by atoms with Crippen LogP contribution in [0.2, 0.25) is 0 Å². The van der Waals surface area contributed by atoms with Gasteiger partial charge >= 0.3 is 0 Å². The Balaban J connectivity index is 2.79. The van der Waals surface area contributed by atoms with Gasteiger partial charge in [0.05, 0.1) is 7.11 Å². The summed E-state index contributed by atoms with van der Waals surface area (Å²) in [5, 5.41) is 0. The minimum absolute atomic E-state index is 0.272. The number of nitrogens with two attached hydrogens (primary N) is 1. The van der Waals surface area contributed by atoms with Crippen LogP contribution in [0, 0.1) is 11.7 Å². The Kier molecular flexibility index (Phi) is 6.09. The summed E-state index contributed by atoms with van der Waals surface area (Å²) < 4.78 is 19.0. The van der Waals surface area contributed by atoms with E-state index in [1.54, 1.807) is 12.1 Å².